The van der Waals surface area contributed by atoms with Crippen molar-refractivity contribution in [2.75, 3.05) is 6.61 Å². The summed E-state index contributed by atoms with van der Waals surface area (Å²) in [7, 11) is 0. The molecule has 1 saturated carbocycles. The molecule has 2 unspecified atom stereocenters. The van der Waals surface area contributed by atoms with Gasteiger partial charge in [-0.2, -0.15) is 0 Å². The number of aromatic nitrogens is 3. The molecule has 2 heterocycles. The van der Waals surface area contributed by atoms with Crippen LogP contribution >= 0.6 is 0 Å². The van der Waals surface area contributed by atoms with Crippen molar-refractivity contribution >= 4 is 5.97 Å². The Morgan fingerprint density at radius 3 is 2.86 bits per heavy atom. The Hall–Kier alpha value is -3.33. The first-order valence-corrected chi connectivity index (χ1v) is 9.92. The molecule has 6 heteroatoms. The van der Waals surface area contributed by atoms with Crippen molar-refractivity contribution < 1.29 is 14.1 Å². The molecule has 148 valence electrons. The molecule has 0 saturated heterocycles. The van der Waals surface area contributed by atoms with Crippen LogP contribution < -0.4 is 0 Å². The fraction of sp³-hybridized carbons (Fsp3) is 0.348. The van der Waals surface area contributed by atoms with E-state index < -0.39 is 0 Å². The van der Waals surface area contributed by atoms with Crippen LogP contribution in [0.3, 0.4) is 0 Å². The number of rotatable bonds is 6. The number of hydrogen-bond donors (Lipinski definition) is 0. The van der Waals surface area contributed by atoms with Crippen LogP contribution in [0, 0.1) is 17.8 Å². The van der Waals surface area contributed by atoms with E-state index in [4.69, 9.17) is 9.26 Å². The molecule has 6 nitrogen and oxygen atoms in total. The minimum absolute atomic E-state index is 0.00298. The van der Waals surface area contributed by atoms with Crippen LogP contribution in [0.2, 0.25) is 0 Å². The number of benzene rings is 1. The molecule has 2 aromatic heterocycles. The first kappa shape index (κ1) is 19.0. The van der Waals surface area contributed by atoms with Crippen LogP contribution in [0.25, 0.3) is 0 Å². The second kappa shape index (κ2) is 8.36. The van der Waals surface area contributed by atoms with Gasteiger partial charge in [0.15, 0.2) is 0 Å². The van der Waals surface area contributed by atoms with Gasteiger partial charge in [-0.3, -0.25) is 4.79 Å². The van der Waals surface area contributed by atoms with Crippen molar-refractivity contribution in [3.63, 3.8) is 0 Å². The van der Waals surface area contributed by atoms with Crippen molar-refractivity contribution in [1.29, 1.82) is 0 Å². The highest BCUT2D eigenvalue weighted by atomic mass is 16.5. The summed E-state index contributed by atoms with van der Waals surface area (Å²) in [5, 5.41) is 4.09. The minimum Gasteiger partial charge on any atom is -0.466 e. The fourth-order valence-corrected chi connectivity index (χ4v) is 3.44. The molecule has 0 radical (unpaired) electrons. The Kier molecular flexibility index (Phi) is 5.48. The molecule has 0 spiro atoms. The van der Waals surface area contributed by atoms with Gasteiger partial charge in [-0.25, -0.2) is 4.98 Å². The molecular formula is C23H23N3O3. The zero-order chi connectivity index (χ0) is 20.2. The van der Waals surface area contributed by atoms with Crippen LogP contribution in [0.1, 0.15) is 54.6 Å². The van der Waals surface area contributed by atoms with E-state index in [0.717, 1.165) is 35.5 Å². The second-order valence-corrected chi connectivity index (χ2v) is 7.08. The zero-order valence-corrected chi connectivity index (χ0v) is 16.6. The third kappa shape index (κ3) is 4.40. The molecule has 3 aromatic rings. The Balaban J connectivity index is 1.37. The number of ether oxygens (including phenoxy) is 1. The van der Waals surface area contributed by atoms with Crippen LogP contribution in [0.15, 0.2) is 47.2 Å². The summed E-state index contributed by atoms with van der Waals surface area (Å²) in [4.78, 5) is 16.1. The lowest BCUT2D eigenvalue weighted by Gasteiger charge is -2.02. The highest BCUT2D eigenvalue weighted by Gasteiger charge is 2.44. The van der Waals surface area contributed by atoms with E-state index in [2.05, 4.69) is 33.5 Å². The Labute approximate surface area is 169 Å². The monoisotopic (exact) mass is 389 g/mol. The number of hydrogen-bond acceptors (Lipinski definition) is 5. The summed E-state index contributed by atoms with van der Waals surface area (Å²) in [5.74, 6) is 7.85. The predicted octanol–water partition coefficient (Wildman–Crippen LogP) is 3.55. The normalized spacial score (nSPS) is 17.4. The van der Waals surface area contributed by atoms with Crippen molar-refractivity contribution in [2.45, 2.75) is 39.2 Å². The molecule has 29 heavy (non-hydrogen) atoms. The molecule has 1 fully saturated rings. The maximum atomic E-state index is 11.8. The average molecular weight is 389 g/mol. The second-order valence-electron chi connectivity index (χ2n) is 7.08. The maximum Gasteiger partial charge on any atom is 0.309 e. The highest BCUT2D eigenvalue weighted by molar-refractivity contribution is 5.77. The van der Waals surface area contributed by atoms with Gasteiger partial charge in [0.25, 0.3) is 0 Å². The van der Waals surface area contributed by atoms with Crippen LogP contribution in [-0.4, -0.2) is 27.3 Å². The van der Waals surface area contributed by atoms with E-state index in [9.17, 15) is 4.79 Å². The summed E-state index contributed by atoms with van der Waals surface area (Å²) in [6.45, 7) is 4.96. The summed E-state index contributed by atoms with van der Waals surface area (Å²) < 4.78 is 12.5. The van der Waals surface area contributed by atoms with E-state index in [1.54, 1.807) is 6.20 Å². The first-order valence-electron chi connectivity index (χ1n) is 9.92. The number of carbonyl (C=O) groups excluding carboxylic acids is 1. The van der Waals surface area contributed by atoms with Gasteiger partial charge >= 0.3 is 5.97 Å². The Morgan fingerprint density at radius 1 is 1.28 bits per heavy atom. The molecule has 4 rings (SSSR count). The molecule has 0 aliphatic heterocycles. The van der Waals surface area contributed by atoms with Crippen molar-refractivity contribution in [2.24, 2.45) is 5.92 Å². The van der Waals surface area contributed by atoms with Crippen LogP contribution in [0.5, 0.6) is 0 Å². The number of nitrogens with zero attached hydrogens (tertiary/aromatic N) is 3. The molecule has 1 aromatic carbocycles. The number of carbonyl (C=O) groups is 1. The summed E-state index contributed by atoms with van der Waals surface area (Å²) in [5.41, 5.74) is 2.86. The largest absolute Gasteiger partial charge is 0.466 e. The molecule has 1 aliphatic carbocycles. The average Bonchev–Trinajstić information content (AvgIpc) is 3.20. The molecule has 0 bridgehead atoms. The highest BCUT2D eigenvalue weighted by Crippen LogP contribution is 2.48. The van der Waals surface area contributed by atoms with E-state index in [0.29, 0.717) is 18.9 Å². The number of aryl methyl sites for hydroxylation is 1. The summed E-state index contributed by atoms with van der Waals surface area (Å²) >= 11 is 0. The van der Waals surface area contributed by atoms with Gasteiger partial charge in [-0.15, -0.1) is 0 Å². The lowest BCUT2D eigenvalue weighted by Crippen LogP contribution is -2.07. The van der Waals surface area contributed by atoms with Crippen LogP contribution in [0.4, 0.5) is 0 Å². The van der Waals surface area contributed by atoms with Gasteiger partial charge in [0.2, 0.25) is 5.76 Å². The number of imidazole rings is 1. The van der Waals surface area contributed by atoms with E-state index >= 15 is 0 Å². The molecular weight excluding hydrogens is 366 g/mol. The minimum atomic E-state index is -0.0933. The SMILES string of the molecule is CCOC(=O)C1CC1c1ccc(C#Cc2cc(Cn3ccnc3CC)no2)cc1. The first-order chi connectivity index (χ1) is 14.2. The lowest BCUT2D eigenvalue weighted by molar-refractivity contribution is -0.144. The van der Waals surface area contributed by atoms with Crippen molar-refractivity contribution in [3.8, 4) is 11.8 Å². The fourth-order valence-electron chi connectivity index (χ4n) is 3.44. The lowest BCUT2D eigenvalue weighted by atomic mass is 10.1. The molecule has 0 N–H and O–H groups in total. The third-order valence-electron chi connectivity index (χ3n) is 5.06. The van der Waals surface area contributed by atoms with E-state index in [1.807, 2.05) is 43.5 Å². The quantitative estimate of drug-likeness (QED) is 0.476. The van der Waals surface area contributed by atoms with E-state index in [1.165, 1.54) is 0 Å². The molecule has 0 amide bonds. The topological polar surface area (TPSA) is 70.2 Å². The van der Waals surface area contributed by atoms with Gasteiger partial charge in [0, 0.05) is 30.4 Å². The Morgan fingerprint density at radius 2 is 2.10 bits per heavy atom. The number of esters is 1. The third-order valence-corrected chi connectivity index (χ3v) is 5.06. The molecule has 2 atom stereocenters. The Bertz CT molecular complexity index is 1050. The van der Waals surface area contributed by atoms with Gasteiger partial charge in [0.1, 0.15) is 11.5 Å². The van der Waals surface area contributed by atoms with E-state index in [-0.39, 0.29) is 17.8 Å². The summed E-state index contributed by atoms with van der Waals surface area (Å²) in [6, 6.07) is 9.86. The molecule has 1 aliphatic rings. The standard InChI is InChI=1S/C23H23N3O3/c1-3-22-24-11-12-26(22)15-18-13-19(29-25-18)10-7-16-5-8-17(9-6-16)20-14-21(20)23(27)28-4-2/h5-6,8-9,11-13,20-21H,3-4,14-15H2,1-2H3. The van der Waals surface area contributed by atoms with Crippen molar-refractivity contribution in [1.82, 2.24) is 14.7 Å². The zero-order valence-electron chi connectivity index (χ0n) is 16.6. The van der Waals surface area contributed by atoms with Gasteiger partial charge in [-0.05, 0) is 42.9 Å². The van der Waals surface area contributed by atoms with Crippen molar-refractivity contribution in [3.05, 3.63) is 71.1 Å². The smallest absolute Gasteiger partial charge is 0.309 e. The van der Waals surface area contributed by atoms with Gasteiger partial charge in [0.05, 0.1) is 19.1 Å². The maximum absolute atomic E-state index is 11.8. The van der Waals surface area contributed by atoms with Gasteiger partial charge in [-0.1, -0.05) is 30.1 Å². The summed E-state index contributed by atoms with van der Waals surface area (Å²) in [6.07, 6.45) is 5.46. The van der Waals surface area contributed by atoms with Gasteiger partial charge < -0.3 is 13.8 Å². The van der Waals surface area contributed by atoms with Crippen LogP contribution in [-0.2, 0) is 22.5 Å². The predicted molar refractivity (Wildman–Crippen MR) is 107 cm³/mol.